The van der Waals surface area contributed by atoms with Gasteiger partial charge in [0.05, 0.1) is 5.56 Å². The summed E-state index contributed by atoms with van der Waals surface area (Å²) < 4.78 is 5.96. The number of carboxylic acids is 1. The molecule has 1 saturated carbocycles. The Morgan fingerprint density at radius 1 is 1.14 bits per heavy atom. The van der Waals surface area contributed by atoms with E-state index in [0.717, 1.165) is 18.4 Å². The number of hydrogen-bond acceptors (Lipinski definition) is 4. The molecule has 1 aromatic carbocycles. The lowest BCUT2D eigenvalue weighted by Gasteiger charge is -2.22. The number of nitrogens with one attached hydrogen (secondary N) is 1. The number of ether oxygens (including phenoxy) is 1. The van der Waals surface area contributed by atoms with Crippen LogP contribution in [0.15, 0.2) is 42.6 Å². The molecule has 0 atom stereocenters. The first-order valence-electron chi connectivity index (χ1n) is 9.81. The Balaban J connectivity index is 1.48. The largest absolute Gasteiger partial charge is 0.478 e. The van der Waals surface area contributed by atoms with E-state index in [0.29, 0.717) is 24.4 Å². The number of carbonyl (C=O) groups excluding carboxylic acids is 1. The van der Waals surface area contributed by atoms with Gasteiger partial charge in [-0.2, -0.15) is 0 Å². The second-order valence-corrected chi connectivity index (χ2v) is 7.12. The van der Waals surface area contributed by atoms with E-state index in [1.807, 2.05) is 12.1 Å². The fraction of sp³-hybridized carbons (Fsp3) is 0.409. The van der Waals surface area contributed by atoms with E-state index in [1.165, 1.54) is 19.3 Å². The predicted molar refractivity (Wildman–Crippen MR) is 105 cm³/mol. The van der Waals surface area contributed by atoms with Crippen LogP contribution in [0.25, 0.3) is 0 Å². The van der Waals surface area contributed by atoms with Gasteiger partial charge in [-0.25, -0.2) is 9.78 Å². The van der Waals surface area contributed by atoms with Gasteiger partial charge in [0.25, 0.3) is 0 Å². The minimum Gasteiger partial charge on any atom is -0.478 e. The molecule has 3 rings (SSSR count). The monoisotopic (exact) mass is 382 g/mol. The number of carbonyl (C=O) groups is 2. The summed E-state index contributed by atoms with van der Waals surface area (Å²) in [5.74, 6) is -0.487. The maximum Gasteiger partial charge on any atom is 0.335 e. The molecule has 0 spiro atoms. The molecule has 0 aliphatic heterocycles. The highest BCUT2D eigenvalue weighted by Gasteiger charge is 2.15. The number of hydrogen-bond donors (Lipinski definition) is 2. The summed E-state index contributed by atoms with van der Waals surface area (Å²) in [5, 5.41) is 12.1. The van der Waals surface area contributed by atoms with Crippen LogP contribution in [0.2, 0.25) is 0 Å². The second kappa shape index (κ2) is 9.88. The smallest absolute Gasteiger partial charge is 0.335 e. The molecule has 0 saturated heterocycles. The van der Waals surface area contributed by atoms with Crippen LogP contribution in [0.1, 0.15) is 60.0 Å². The number of nitrogens with zero attached hydrogens (tertiary/aromatic N) is 1. The van der Waals surface area contributed by atoms with Crippen LogP contribution in [0.5, 0.6) is 5.88 Å². The Hall–Kier alpha value is -2.89. The van der Waals surface area contributed by atoms with Crippen molar-refractivity contribution in [3.8, 4) is 5.88 Å². The first kappa shape index (κ1) is 19.9. The summed E-state index contributed by atoms with van der Waals surface area (Å²) in [6, 6.07) is 10.5. The number of aromatic nitrogens is 1. The van der Waals surface area contributed by atoms with Crippen molar-refractivity contribution in [2.75, 3.05) is 0 Å². The quantitative estimate of drug-likeness (QED) is 0.726. The Bertz CT molecular complexity index is 816. The highest BCUT2D eigenvalue weighted by atomic mass is 16.5. The van der Waals surface area contributed by atoms with E-state index in [9.17, 15) is 14.7 Å². The zero-order valence-corrected chi connectivity index (χ0v) is 15.9. The SMILES string of the molecule is O=C(CCc1ccccc1C(=O)O)NCc1ccnc(OC2CCCCC2)c1. The van der Waals surface area contributed by atoms with E-state index < -0.39 is 5.97 Å². The normalized spacial score (nSPS) is 14.4. The topological polar surface area (TPSA) is 88.5 Å². The number of carboxylic acid groups (broad SMARTS) is 1. The lowest BCUT2D eigenvalue weighted by atomic mass is 9.98. The summed E-state index contributed by atoms with van der Waals surface area (Å²) in [5.41, 5.74) is 1.84. The van der Waals surface area contributed by atoms with Gasteiger partial charge in [-0.1, -0.05) is 24.6 Å². The average molecular weight is 382 g/mol. The molecular weight excluding hydrogens is 356 g/mol. The highest BCUT2D eigenvalue weighted by molar-refractivity contribution is 5.89. The van der Waals surface area contributed by atoms with Gasteiger partial charge in [0.2, 0.25) is 11.8 Å². The third-order valence-corrected chi connectivity index (χ3v) is 5.00. The van der Waals surface area contributed by atoms with E-state index in [2.05, 4.69) is 10.3 Å². The molecule has 6 nitrogen and oxygen atoms in total. The Morgan fingerprint density at radius 3 is 2.71 bits per heavy atom. The molecule has 0 unspecified atom stereocenters. The van der Waals surface area contributed by atoms with Crippen molar-refractivity contribution >= 4 is 11.9 Å². The van der Waals surface area contributed by atoms with E-state index in [-0.39, 0.29) is 24.0 Å². The molecule has 1 aliphatic rings. The number of aromatic carboxylic acids is 1. The minimum absolute atomic E-state index is 0.119. The van der Waals surface area contributed by atoms with Gasteiger partial charge in [-0.15, -0.1) is 0 Å². The Kier molecular flexibility index (Phi) is 7.00. The van der Waals surface area contributed by atoms with Gasteiger partial charge >= 0.3 is 5.97 Å². The molecule has 2 aromatic rings. The molecule has 0 radical (unpaired) electrons. The zero-order chi connectivity index (χ0) is 19.8. The average Bonchev–Trinajstić information content (AvgIpc) is 2.72. The number of rotatable bonds is 8. The lowest BCUT2D eigenvalue weighted by Crippen LogP contribution is -2.23. The predicted octanol–water partition coefficient (Wildman–Crippen LogP) is 3.74. The summed E-state index contributed by atoms with van der Waals surface area (Å²) >= 11 is 0. The number of aryl methyl sites for hydroxylation is 1. The summed E-state index contributed by atoms with van der Waals surface area (Å²) in [7, 11) is 0. The molecule has 1 fully saturated rings. The van der Waals surface area contributed by atoms with Crippen molar-refractivity contribution in [1.29, 1.82) is 0 Å². The van der Waals surface area contributed by atoms with E-state index in [1.54, 1.807) is 30.5 Å². The number of benzene rings is 1. The first-order chi connectivity index (χ1) is 13.6. The van der Waals surface area contributed by atoms with Gasteiger partial charge in [0.15, 0.2) is 0 Å². The van der Waals surface area contributed by atoms with Crippen molar-refractivity contribution in [1.82, 2.24) is 10.3 Å². The molecule has 1 aromatic heterocycles. The summed E-state index contributed by atoms with van der Waals surface area (Å²) in [6.45, 7) is 0.392. The Morgan fingerprint density at radius 2 is 1.93 bits per heavy atom. The van der Waals surface area contributed by atoms with Crippen molar-refractivity contribution < 1.29 is 19.4 Å². The van der Waals surface area contributed by atoms with Crippen molar-refractivity contribution in [2.45, 2.75) is 57.6 Å². The molecule has 1 amide bonds. The van der Waals surface area contributed by atoms with Crippen molar-refractivity contribution in [3.63, 3.8) is 0 Å². The maximum atomic E-state index is 12.2. The fourth-order valence-corrected chi connectivity index (χ4v) is 3.46. The molecule has 1 aliphatic carbocycles. The molecule has 6 heteroatoms. The van der Waals surface area contributed by atoms with Crippen LogP contribution in [-0.4, -0.2) is 28.1 Å². The lowest BCUT2D eigenvalue weighted by molar-refractivity contribution is -0.121. The highest BCUT2D eigenvalue weighted by Crippen LogP contribution is 2.22. The maximum absolute atomic E-state index is 12.2. The summed E-state index contributed by atoms with van der Waals surface area (Å²) in [4.78, 5) is 27.7. The van der Waals surface area contributed by atoms with Gasteiger partial charge in [0, 0.05) is 25.2 Å². The third kappa shape index (κ3) is 5.81. The number of pyridine rings is 1. The Labute approximate surface area is 164 Å². The molecule has 0 bridgehead atoms. The van der Waals surface area contributed by atoms with Crippen molar-refractivity contribution in [3.05, 3.63) is 59.3 Å². The zero-order valence-electron chi connectivity index (χ0n) is 15.9. The van der Waals surface area contributed by atoms with Crippen LogP contribution in [0.3, 0.4) is 0 Å². The molecule has 2 N–H and O–H groups in total. The second-order valence-electron chi connectivity index (χ2n) is 7.12. The molecule has 1 heterocycles. The van der Waals surface area contributed by atoms with E-state index >= 15 is 0 Å². The van der Waals surface area contributed by atoms with Crippen LogP contribution in [0, 0.1) is 0 Å². The van der Waals surface area contributed by atoms with Crippen LogP contribution >= 0.6 is 0 Å². The van der Waals surface area contributed by atoms with Crippen LogP contribution < -0.4 is 10.1 Å². The van der Waals surface area contributed by atoms with Crippen LogP contribution in [-0.2, 0) is 17.8 Å². The van der Waals surface area contributed by atoms with Crippen LogP contribution in [0.4, 0.5) is 0 Å². The third-order valence-electron chi connectivity index (χ3n) is 5.00. The van der Waals surface area contributed by atoms with Gasteiger partial charge in [0.1, 0.15) is 6.10 Å². The first-order valence-corrected chi connectivity index (χ1v) is 9.81. The minimum atomic E-state index is -0.974. The molecular formula is C22H26N2O4. The van der Waals surface area contributed by atoms with Gasteiger partial charge in [-0.05, 0) is 55.4 Å². The fourth-order valence-electron chi connectivity index (χ4n) is 3.46. The standard InChI is InChI=1S/C22H26N2O4/c25-20(11-10-17-6-4-5-9-19(17)22(26)27)24-15-16-12-13-23-21(14-16)28-18-7-2-1-3-8-18/h4-6,9,12-14,18H,1-3,7-8,10-11,15H2,(H,24,25)(H,26,27). The molecule has 28 heavy (non-hydrogen) atoms. The number of amides is 1. The van der Waals surface area contributed by atoms with Gasteiger partial charge < -0.3 is 15.2 Å². The summed E-state index contributed by atoms with van der Waals surface area (Å²) in [6.07, 6.45) is 8.37. The van der Waals surface area contributed by atoms with E-state index in [4.69, 9.17) is 4.74 Å². The van der Waals surface area contributed by atoms with Crippen molar-refractivity contribution in [2.24, 2.45) is 0 Å². The molecule has 148 valence electrons. The van der Waals surface area contributed by atoms with Gasteiger partial charge in [-0.3, -0.25) is 4.79 Å².